The van der Waals surface area contributed by atoms with Crippen molar-refractivity contribution in [2.75, 3.05) is 37.1 Å². The van der Waals surface area contributed by atoms with Crippen LogP contribution in [0.4, 0.5) is 11.6 Å². The van der Waals surface area contributed by atoms with Crippen LogP contribution in [0.15, 0.2) is 41.3 Å². The van der Waals surface area contributed by atoms with Gasteiger partial charge in [0.05, 0.1) is 47.5 Å². The quantitative estimate of drug-likeness (QED) is 0.391. The topological polar surface area (TPSA) is 145 Å². The van der Waals surface area contributed by atoms with Crippen molar-refractivity contribution in [1.82, 2.24) is 14.5 Å². The lowest BCUT2D eigenvalue weighted by Gasteiger charge is -2.56. The van der Waals surface area contributed by atoms with Crippen molar-refractivity contribution in [2.45, 2.75) is 56.2 Å². The molecule has 2 bridgehead atoms. The third kappa shape index (κ3) is 4.73. The predicted octanol–water partition coefficient (Wildman–Crippen LogP) is 2.83. The van der Waals surface area contributed by atoms with E-state index >= 15 is 0 Å². The van der Waals surface area contributed by atoms with Crippen molar-refractivity contribution in [3.8, 4) is 11.5 Å². The normalized spacial score (nSPS) is 27.6. The number of ether oxygens (including phenoxy) is 3. The van der Waals surface area contributed by atoms with Gasteiger partial charge < -0.3 is 34.1 Å². The van der Waals surface area contributed by atoms with Crippen molar-refractivity contribution in [2.24, 2.45) is 11.8 Å². The molecule has 1 amide bonds. The first kappa shape index (κ1) is 26.7. The van der Waals surface area contributed by atoms with E-state index in [2.05, 4.69) is 20.2 Å². The number of rotatable bonds is 9. The number of hydrogen-bond donors (Lipinski definition) is 2. The Morgan fingerprint density at radius 1 is 1.21 bits per heavy atom. The van der Waals surface area contributed by atoms with Gasteiger partial charge in [0, 0.05) is 31.6 Å². The molecule has 8 rings (SSSR count). The Balaban J connectivity index is 1.03. The van der Waals surface area contributed by atoms with Gasteiger partial charge in [-0.2, -0.15) is 0 Å². The van der Waals surface area contributed by atoms with E-state index in [0.29, 0.717) is 61.0 Å². The van der Waals surface area contributed by atoms with Crippen LogP contribution in [0.25, 0.3) is 11.0 Å². The van der Waals surface area contributed by atoms with E-state index < -0.39 is 5.97 Å². The number of anilines is 2. The molecule has 2 saturated carbocycles. The number of hydrogen-bond acceptors (Lipinski definition) is 9. The number of likely N-dealkylation sites (N-methyl/N-ethyl adjacent to an activating group) is 1. The Kier molecular flexibility index (Phi) is 6.34. The molecule has 2 saturated heterocycles. The fraction of sp³-hybridized carbons (Fsp3) is 0.500. The van der Waals surface area contributed by atoms with Gasteiger partial charge in [0.25, 0.3) is 11.5 Å². The molecule has 6 heterocycles. The van der Waals surface area contributed by atoms with Gasteiger partial charge in [0.1, 0.15) is 11.6 Å². The van der Waals surface area contributed by atoms with Crippen LogP contribution in [-0.2, 0) is 20.9 Å². The van der Waals surface area contributed by atoms with Gasteiger partial charge in [-0.1, -0.05) is 0 Å². The third-order valence-electron chi connectivity index (χ3n) is 9.56. The second kappa shape index (κ2) is 9.97. The molecule has 3 aliphatic heterocycles. The van der Waals surface area contributed by atoms with Crippen molar-refractivity contribution in [3.63, 3.8) is 0 Å². The summed E-state index contributed by atoms with van der Waals surface area (Å²) in [5, 5.41) is 11.9. The van der Waals surface area contributed by atoms with Gasteiger partial charge in [-0.25, -0.2) is 4.98 Å². The largest absolute Gasteiger partial charge is 0.492 e. The summed E-state index contributed by atoms with van der Waals surface area (Å²) < 4.78 is 19.6. The zero-order valence-electron chi connectivity index (χ0n) is 23.4. The molecule has 2 aliphatic carbocycles. The van der Waals surface area contributed by atoms with Crippen molar-refractivity contribution < 1.29 is 28.9 Å². The highest BCUT2D eigenvalue weighted by Crippen LogP contribution is 2.49. The van der Waals surface area contributed by atoms with Crippen LogP contribution in [-0.4, -0.2) is 69.5 Å². The summed E-state index contributed by atoms with van der Waals surface area (Å²) in [6.07, 6.45) is 6.51. The Bertz CT molecular complexity index is 1610. The average Bonchev–Trinajstić information content (AvgIpc) is 3.80. The van der Waals surface area contributed by atoms with E-state index in [1.54, 1.807) is 16.8 Å². The Morgan fingerprint density at radius 2 is 2.05 bits per heavy atom. The standard InChI is InChI=1S/C30H33N5O7/c1-34(24-4-3-23-27(32-24)33-25(36)16-41-23)29-6-8-30(9-7-29,42-17-29)10-11-35-22-13-19(14-31-21(22)2-5-26(35)37)40-15-18-12-20(18)28(38)39/h2-5,13-14,18,20H,6-12,15-17H2,1H3,(H,38,39)(H,32,33,36). The lowest BCUT2D eigenvalue weighted by Crippen LogP contribution is -2.62. The lowest BCUT2D eigenvalue weighted by molar-refractivity contribution is -0.158. The van der Waals surface area contributed by atoms with Gasteiger partial charge in [0.15, 0.2) is 18.2 Å². The van der Waals surface area contributed by atoms with Crippen molar-refractivity contribution in [3.05, 3.63) is 46.9 Å². The Morgan fingerprint density at radius 3 is 2.79 bits per heavy atom. The minimum absolute atomic E-state index is 0.00449. The molecule has 42 heavy (non-hydrogen) atoms. The zero-order chi connectivity index (χ0) is 29.1. The van der Waals surface area contributed by atoms with Crippen LogP contribution in [0, 0.1) is 11.8 Å². The summed E-state index contributed by atoms with van der Waals surface area (Å²) in [4.78, 5) is 47.2. The van der Waals surface area contributed by atoms with E-state index in [0.717, 1.165) is 31.5 Å². The highest BCUT2D eigenvalue weighted by Gasteiger charge is 2.52. The zero-order valence-corrected chi connectivity index (χ0v) is 23.4. The number of nitrogens with zero attached hydrogens (tertiary/aromatic N) is 4. The Hall–Kier alpha value is -4.19. The molecule has 220 valence electrons. The van der Waals surface area contributed by atoms with Gasteiger partial charge in [-0.15, -0.1) is 0 Å². The summed E-state index contributed by atoms with van der Waals surface area (Å²) in [5.41, 5.74) is 0.769. The monoisotopic (exact) mass is 575 g/mol. The molecule has 12 heteroatoms. The summed E-state index contributed by atoms with van der Waals surface area (Å²) in [5.74, 6) is 0.955. The van der Waals surface area contributed by atoms with E-state index in [1.807, 2.05) is 25.2 Å². The number of pyridine rings is 3. The molecule has 12 nitrogen and oxygen atoms in total. The minimum Gasteiger partial charge on any atom is -0.492 e. The summed E-state index contributed by atoms with van der Waals surface area (Å²) >= 11 is 0. The molecular formula is C30H33N5O7. The maximum atomic E-state index is 13.0. The number of carbonyl (C=O) groups is 2. The first-order valence-corrected chi connectivity index (χ1v) is 14.4. The molecule has 5 aliphatic rings. The van der Waals surface area contributed by atoms with Gasteiger partial charge in [-0.05, 0) is 56.7 Å². The molecule has 4 fully saturated rings. The average molecular weight is 576 g/mol. The molecule has 2 unspecified atom stereocenters. The molecule has 2 N–H and O–H groups in total. The van der Waals surface area contributed by atoms with E-state index in [4.69, 9.17) is 19.3 Å². The number of carbonyl (C=O) groups excluding carboxylic acids is 1. The summed E-state index contributed by atoms with van der Waals surface area (Å²) in [6.45, 7) is 1.35. The number of aliphatic carboxylic acids is 1. The SMILES string of the molecule is CN(c1ccc2c(n1)NC(=O)CO2)C12CCC(CCn3c(=O)ccc4ncc(OCC5CC5C(=O)O)cc43)(CC1)OC2. The predicted molar refractivity (Wildman–Crippen MR) is 152 cm³/mol. The number of carboxylic acid groups (broad SMARTS) is 1. The van der Waals surface area contributed by atoms with Crippen LogP contribution >= 0.6 is 0 Å². The minimum atomic E-state index is -0.787. The first-order chi connectivity index (χ1) is 20.2. The fourth-order valence-electron chi connectivity index (χ4n) is 6.60. The number of nitrogens with one attached hydrogen (secondary N) is 1. The smallest absolute Gasteiger partial charge is 0.306 e. The molecule has 0 aromatic carbocycles. The van der Waals surface area contributed by atoms with Gasteiger partial charge in [-0.3, -0.25) is 19.4 Å². The molecule has 0 spiro atoms. The highest BCUT2D eigenvalue weighted by molar-refractivity contribution is 5.94. The molecule has 3 aromatic rings. The van der Waals surface area contributed by atoms with Crippen LogP contribution in [0.1, 0.15) is 38.5 Å². The summed E-state index contributed by atoms with van der Waals surface area (Å²) in [6, 6.07) is 8.83. The number of aromatic nitrogens is 3. The third-order valence-corrected chi connectivity index (χ3v) is 9.56. The molecule has 0 radical (unpaired) electrons. The lowest BCUT2D eigenvalue weighted by atomic mass is 9.69. The number of aryl methyl sites for hydroxylation is 1. The molecule has 2 atom stereocenters. The van der Waals surface area contributed by atoms with E-state index in [9.17, 15) is 14.4 Å². The van der Waals surface area contributed by atoms with Crippen molar-refractivity contribution in [1.29, 1.82) is 0 Å². The summed E-state index contributed by atoms with van der Waals surface area (Å²) in [7, 11) is 2.02. The van der Waals surface area contributed by atoms with E-state index in [1.165, 1.54) is 6.07 Å². The van der Waals surface area contributed by atoms with Gasteiger partial charge >= 0.3 is 5.97 Å². The molecule has 3 aromatic heterocycles. The number of fused-ring (bicyclic) bond motifs is 5. The van der Waals surface area contributed by atoms with Crippen LogP contribution < -0.4 is 25.2 Å². The fourth-order valence-corrected chi connectivity index (χ4v) is 6.60. The van der Waals surface area contributed by atoms with Gasteiger partial charge in [0.2, 0.25) is 0 Å². The van der Waals surface area contributed by atoms with Crippen LogP contribution in [0.2, 0.25) is 0 Å². The molecular weight excluding hydrogens is 542 g/mol. The highest BCUT2D eigenvalue weighted by atomic mass is 16.5. The second-order valence-electron chi connectivity index (χ2n) is 12.0. The first-order valence-electron chi connectivity index (χ1n) is 14.4. The van der Waals surface area contributed by atoms with Crippen molar-refractivity contribution >= 4 is 34.5 Å². The van der Waals surface area contributed by atoms with Crippen LogP contribution in [0.5, 0.6) is 11.5 Å². The maximum Gasteiger partial charge on any atom is 0.306 e. The van der Waals surface area contributed by atoms with E-state index in [-0.39, 0.29) is 41.0 Å². The second-order valence-corrected chi connectivity index (χ2v) is 12.0. The van der Waals surface area contributed by atoms with Crippen LogP contribution in [0.3, 0.4) is 0 Å². The Labute approximate surface area is 241 Å². The number of amides is 1. The number of carboxylic acids is 1. The maximum absolute atomic E-state index is 13.0.